The van der Waals surface area contributed by atoms with Crippen molar-refractivity contribution >= 4 is 0 Å². The Kier molecular flexibility index (Phi) is 3.44. The van der Waals surface area contributed by atoms with Crippen LogP contribution in [-0.2, 0) is 6.61 Å². The first kappa shape index (κ1) is 9.72. The number of rotatable bonds is 1. The van der Waals surface area contributed by atoms with Crippen molar-refractivity contribution in [1.82, 2.24) is 0 Å². The van der Waals surface area contributed by atoms with Gasteiger partial charge in [0.1, 0.15) is 5.82 Å². The van der Waals surface area contributed by atoms with E-state index < -0.39 is 5.82 Å². The Balaban J connectivity index is 3.01. The molecule has 0 heterocycles. The molecule has 0 aliphatic carbocycles. The molecule has 3 N–H and O–H groups in total. The Morgan fingerprint density at radius 1 is 1.38 bits per heavy atom. The predicted molar refractivity (Wildman–Crippen MR) is 48.3 cm³/mol. The highest BCUT2D eigenvalue weighted by molar-refractivity contribution is 5.37. The van der Waals surface area contributed by atoms with Gasteiger partial charge in [-0.1, -0.05) is 11.8 Å². The molecule has 0 aliphatic rings. The van der Waals surface area contributed by atoms with Crippen LogP contribution in [0.4, 0.5) is 4.39 Å². The van der Waals surface area contributed by atoms with Crippen LogP contribution in [0.15, 0.2) is 18.2 Å². The average molecular weight is 179 g/mol. The molecule has 0 aliphatic heterocycles. The largest absolute Gasteiger partial charge is 0.392 e. The molecule has 1 aromatic carbocycles. The lowest BCUT2D eigenvalue weighted by atomic mass is 10.1. The summed E-state index contributed by atoms with van der Waals surface area (Å²) in [5.41, 5.74) is 6.22. The molecule has 0 saturated carbocycles. The third kappa shape index (κ3) is 2.86. The van der Waals surface area contributed by atoms with Crippen molar-refractivity contribution in [2.45, 2.75) is 6.61 Å². The van der Waals surface area contributed by atoms with Crippen LogP contribution in [0, 0.1) is 17.7 Å². The van der Waals surface area contributed by atoms with E-state index in [-0.39, 0.29) is 13.2 Å². The van der Waals surface area contributed by atoms with Gasteiger partial charge < -0.3 is 10.8 Å². The molecule has 0 spiro atoms. The van der Waals surface area contributed by atoms with Gasteiger partial charge in [0.25, 0.3) is 0 Å². The Morgan fingerprint density at radius 2 is 2.15 bits per heavy atom. The summed E-state index contributed by atoms with van der Waals surface area (Å²) in [6.45, 7) is 0.0556. The molecule has 0 unspecified atom stereocenters. The molecule has 1 rings (SSSR count). The number of nitrogens with two attached hydrogens (primary N) is 1. The second-order valence-electron chi connectivity index (χ2n) is 2.51. The van der Waals surface area contributed by atoms with Crippen LogP contribution in [0.2, 0.25) is 0 Å². The van der Waals surface area contributed by atoms with Crippen LogP contribution in [0.25, 0.3) is 0 Å². The fourth-order valence-corrected chi connectivity index (χ4v) is 0.967. The lowest BCUT2D eigenvalue weighted by molar-refractivity contribution is 0.281. The van der Waals surface area contributed by atoms with Crippen LogP contribution >= 0.6 is 0 Å². The predicted octanol–water partition coefficient (Wildman–Crippen LogP) is 0.628. The van der Waals surface area contributed by atoms with E-state index in [1.165, 1.54) is 12.1 Å². The second kappa shape index (κ2) is 4.61. The van der Waals surface area contributed by atoms with Crippen LogP contribution in [-0.4, -0.2) is 11.7 Å². The molecule has 0 atom stereocenters. The van der Waals surface area contributed by atoms with Crippen LogP contribution in [0.1, 0.15) is 11.1 Å². The van der Waals surface area contributed by atoms with Gasteiger partial charge in [0.2, 0.25) is 0 Å². The quantitative estimate of drug-likeness (QED) is 0.621. The average Bonchev–Trinajstić information content (AvgIpc) is 2.14. The topological polar surface area (TPSA) is 46.2 Å². The van der Waals surface area contributed by atoms with Crippen molar-refractivity contribution in [2.75, 3.05) is 6.54 Å². The van der Waals surface area contributed by atoms with Gasteiger partial charge in [-0.15, -0.1) is 0 Å². The fourth-order valence-electron chi connectivity index (χ4n) is 0.967. The van der Waals surface area contributed by atoms with Crippen LogP contribution in [0.5, 0.6) is 0 Å². The van der Waals surface area contributed by atoms with Gasteiger partial charge in [-0.3, -0.25) is 0 Å². The summed E-state index contributed by atoms with van der Waals surface area (Å²) in [5, 5.41) is 8.77. The van der Waals surface area contributed by atoms with E-state index in [1.807, 2.05) is 0 Å². The van der Waals surface area contributed by atoms with Crippen molar-refractivity contribution in [1.29, 1.82) is 0 Å². The van der Waals surface area contributed by atoms with Crippen molar-refractivity contribution in [2.24, 2.45) is 5.73 Å². The number of aliphatic hydroxyl groups is 1. The first-order chi connectivity index (χ1) is 6.26. The minimum Gasteiger partial charge on any atom is -0.392 e. The molecule has 3 heteroatoms. The standard InChI is InChI=1S/C10H10FNO/c11-10-5-8(2-1-3-12)4-9(6-10)7-13/h4-6,13H,3,7,12H2. The zero-order chi connectivity index (χ0) is 9.68. The molecule has 0 amide bonds. The molecule has 0 saturated heterocycles. The highest BCUT2D eigenvalue weighted by Crippen LogP contribution is 2.07. The van der Waals surface area contributed by atoms with Crippen molar-refractivity contribution < 1.29 is 9.50 Å². The lowest BCUT2D eigenvalue weighted by Crippen LogP contribution is -1.93. The maximum atomic E-state index is 12.8. The maximum absolute atomic E-state index is 12.8. The van der Waals surface area contributed by atoms with E-state index in [1.54, 1.807) is 6.07 Å². The summed E-state index contributed by atoms with van der Waals surface area (Å²) < 4.78 is 12.8. The van der Waals surface area contributed by atoms with Gasteiger partial charge in [-0.25, -0.2) is 4.39 Å². The molecule has 0 fully saturated rings. The Labute approximate surface area is 76.2 Å². The summed E-state index contributed by atoms with van der Waals surface area (Å²) in [6, 6.07) is 4.21. The number of aliphatic hydroxyl groups excluding tert-OH is 1. The van der Waals surface area contributed by atoms with Gasteiger partial charge in [-0.05, 0) is 23.8 Å². The number of hydrogen-bond donors (Lipinski definition) is 2. The molecule has 2 nitrogen and oxygen atoms in total. The highest BCUT2D eigenvalue weighted by Gasteiger charge is 1.97. The molecule has 1 aromatic rings. The smallest absolute Gasteiger partial charge is 0.124 e. The first-order valence-corrected chi connectivity index (χ1v) is 3.85. The Hall–Kier alpha value is -1.37. The number of benzene rings is 1. The van der Waals surface area contributed by atoms with Gasteiger partial charge in [0.05, 0.1) is 13.2 Å². The zero-order valence-electron chi connectivity index (χ0n) is 7.05. The van der Waals surface area contributed by atoms with Gasteiger partial charge >= 0.3 is 0 Å². The van der Waals surface area contributed by atoms with E-state index in [4.69, 9.17) is 10.8 Å². The zero-order valence-corrected chi connectivity index (χ0v) is 7.05. The molecular formula is C10H10FNO. The third-order valence-corrected chi connectivity index (χ3v) is 1.47. The molecule has 0 aromatic heterocycles. The van der Waals surface area contributed by atoms with Crippen LogP contribution in [0.3, 0.4) is 0 Å². The minimum atomic E-state index is -0.395. The van der Waals surface area contributed by atoms with Gasteiger partial charge in [0.15, 0.2) is 0 Å². The Morgan fingerprint density at radius 3 is 2.77 bits per heavy atom. The van der Waals surface area contributed by atoms with Gasteiger partial charge in [-0.2, -0.15) is 0 Å². The van der Waals surface area contributed by atoms with E-state index in [0.29, 0.717) is 11.1 Å². The van der Waals surface area contributed by atoms with E-state index in [2.05, 4.69) is 11.8 Å². The van der Waals surface area contributed by atoms with Crippen molar-refractivity contribution in [3.05, 3.63) is 35.1 Å². The van der Waals surface area contributed by atoms with Crippen molar-refractivity contribution in [3.8, 4) is 11.8 Å². The number of halogens is 1. The van der Waals surface area contributed by atoms with Crippen molar-refractivity contribution in [3.63, 3.8) is 0 Å². The van der Waals surface area contributed by atoms with Crippen LogP contribution < -0.4 is 5.73 Å². The number of hydrogen-bond acceptors (Lipinski definition) is 2. The molecule has 13 heavy (non-hydrogen) atoms. The summed E-state index contributed by atoms with van der Waals surface area (Å²) in [5.74, 6) is 4.91. The normalized spacial score (nSPS) is 9.15. The summed E-state index contributed by atoms with van der Waals surface area (Å²) in [4.78, 5) is 0. The fraction of sp³-hybridized carbons (Fsp3) is 0.200. The minimum absolute atomic E-state index is 0.185. The summed E-state index contributed by atoms with van der Waals surface area (Å²) >= 11 is 0. The second-order valence-corrected chi connectivity index (χ2v) is 2.51. The first-order valence-electron chi connectivity index (χ1n) is 3.85. The highest BCUT2D eigenvalue weighted by atomic mass is 19.1. The van der Waals surface area contributed by atoms with E-state index in [0.717, 1.165) is 0 Å². The lowest BCUT2D eigenvalue weighted by Gasteiger charge is -1.97. The van der Waals surface area contributed by atoms with Gasteiger partial charge in [0, 0.05) is 5.56 Å². The van der Waals surface area contributed by atoms with E-state index in [9.17, 15) is 4.39 Å². The Bertz CT molecular complexity index is 352. The third-order valence-electron chi connectivity index (χ3n) is 1.47. The molecule has 0 radical (unpaired) electrons. The molecule has 0 bridgehead atoms. The maximum Gasteiger partial charge on any atom is 0.124 e. The summed E-state index contributed by atoms with van der Waals surface area (Å²) in [7, 11) is 0. The summed E-state index contributed by atoms with van der Waals surface area (Å²) in [6.07, 6.45) is 0. The molecule has 68 valence electrons. The molecular weight excluding hydrogens is 169 g/mol. The SMILES string of the molecule is NCC#Cc1cc(F)cc(CO)c1. The monoisotopic (exact) mass is 179 g/mol. The van der Waals surface area contributed by atoms with E-state index >= 15 is 0 Å².